The maximum atomic E-state index is 13.3. The molecular weight excluding hydrogens is 283 g/mol. The van der Waals surface area contributed by atoms with Gasteiger partial charge in [-0.15, -0.1) is 0 Å². The van der Waals surface area contributed by atoms with Gasteiger partial charge in [-0.25, -0.2) is 17.5 Å². The van der Waals surface area contributed by atoms with E-state index >= 15 is 0 Å². The molecule has 0 bridgehead atoms. The van der Waals surface area contributed by atoms with E-state index in [1.165, 1.54) is 19.2 Å². The minimum atomic E-state index is -3.66. The molecule has 1 aromatic carbocycles. The number of halogens is 1. The van der Waals surface area contributed by atoms with Crippen LogP contribution in [-0.4, -0.2) is 27.6 Å². The van der Waals surface area contributed by atoms with E-state index in [2.05, 4.69) is 4.72 Å². The second-order valence-corrected chi connectivity index (χ2v) is 6.74. The summed E-state index contributed by atoms with van der Waals surface area (Å²) in [5.41, 5.74) is 5.79. The van der Waals surface area contributed by atoms with Crippen molar-refractivity contribution in [3.05, 3.63) is 24.0 Å². The third-order valence-corrected chi connectivity index (χ3v) is 5.04. The lowest BCUT2D eigenvalue weighted by atomic mass is 9.93. The van der Waals surface area contributed by atoms with Crippen LogP contribution in [0.4, 0.5) is 4.39 Å². The van der Waals surface area contributed by atoms with E-state index in [1.807, 2.05) is 0 Å². The molecule has 0 unspecified atom stereocenters. The fraction of sp³-hybridized carbons (Fsp3) is 0.538. The Labute approximate surface area is 118 Å². The van der Waals surface area contributed by atoms with Gasteiger partial charge in [-0.3, -0.25) is 0 Å². The maximum Gasteiger partial charge on any atom is 0.240 e. The molecule has 0 radical (unpaired) electrons. The van der Waals surface area contributed by atoms with Crippen LogP contribution in [0.3, 0.4) is 0 Å². The molecule has 0 aliphatic heterocycles. The summed E-state index contributed by atoms with van der Waals surface area (Å²) in [6.45, 7) is 0. The van der Waals surface area contributed by atoms with Crippen LogP contribution in [0.1, 0.15) is 25.7 Å². The van der Waals surface area contributed by atoms with E-state index < -0.39 is 15.8 Å². The van der Waals surface area contributed by atoms with Gasteiger partial charge >= 0.3 is 0 Å². The van der Waals surface area contributed by atoms with Gasteiger partial charge in [-0.1, -0.05) is 0 Å². The summed E-state index contributed by atoms with van der Waals surface area (Å²) in [6, 6.07) is 3.54. The van der Waals surface area contributed by atoms with Crippen LogP contribution < -0.4 is 15.2 Å². The predicted octanol–water partition coefficient (Wildman–Crippen LogP) is 1.38. The fourth-order valence-corrected chi connectivity index (χ4v) is 3.65. The van der Waals surface area contributed by atoms with E-state index in [0.717, 1.165) is 31.7 Å². The van der Waals surface area contributed by atoms with Gasteiger partial charge in [0.15, 0.2) is 11.6 Å². The molecule has 1 aliphatic carbocycles. The van der Waals surface area contributed by atoms with Gasteiger partial charge in [-0.05, 0) is 37.8 Å². The third-order valence-electron chi connectivity index (χ3n) is 3.53. The third kappa shape index (κ3) is 3.47. The standard InChI is InChI=1S/C13H19FN2O3S/c1-19-13-8-11(6-7-12(13)14)20(17,18)16-10-4-2-9(15)3-5-10/h6-10,16H,2-5,15H2,1H3. The zero-order valence-corrected chi connectivity index (χ0v) is 12.1. The Morgan fingerprint density at radius 2 is 1.95 bits per heavy atom. The van der Waals surface area contributed by atoms with Crippen molar-refractivity contribution in [3.63, 3.8) is 0 Å². The van der Waals surface area contributed by atoms with Crippen LogP contribution in [0.2, 0.25) is 0 Å². The molecule has 0 saturated heterocycles. The van der Waals surface area contributed by atoms with E-state index in [1.54, 1.807) is 0 Å². The predicted molar refractivity (Wildman–Crippen MR) is 73.5 cm³/mol. The van der Waals surface area contributed by atoms with Gasteiger partial charge in [0.1, 0.15) is 0 Å². The number of hydrogen-bond donors (Lipinski definition) is 2. The Morgan fingerprint density at radius 3 is 2.55 bits per heavy atom. The number of benzene rings is 1. The molecule has 112 valence electrons. The molecule has 5 nitrogen and oxygen atoms in total. The summed E-state index contributed by atoms with van der Waals surface area (Å²) in [7, 11) is -2.37. The Morgan fingerprint density at radius 1 is 1.30 bits per heavy atom. The highest BCUT2D eigenvalue weighted by atomic mass is 32.2. The Balaban J connectivity index is 2.14. The molecule has 1 fully saturated rings. The van der Waals surface area contributed by atoms with Gasteiger partial charge in [0.25, 0.3) is 0 Å². The van der Waals surface area contributed by atoms with Crippen molar-refractivity contribution in [1.82, 2.24) is 4.72 Å². The van der Waals surface area contributed by atoms with Crippen molar-refractivity contribution in [2.75, 3.05) is 7.11 Å². The molecule has 2 rings (SSSR count). The quantitative estimate of drug-likeness (QED) is 0.880. The van der Waals surface area contributed by atoms with Crippen molar-refractivity contribution in [1.29, 1.82) is 0 Å². The maximum absolute atomic E-state index is 13.3. The van der Waals surface area contributed by atoms with Crippen LogP contribution in [-0.2, 0) is 10.0 Å². The summed E-state index contributed by atoms with van der Waals surface area (Å²) in [5.74, 6) is -0.673. The molecule has 1 saturated carbocycles. The first-order chi connectivity index (χ1) is 9.42. The number of hydrogen-bond acceptors (Lipinski definition) is 4. The summed E-state index contributed by atoms with van der Waals surface area (Å²) in [4.78, 5) is 0.00521. The molecule has 3 N–H and O–H groups in total. The average molecular weight is 302 g/mol. The van der Waals surface area contributed by atoms with Crippen molar-refractivity contribution in [2.45, 2.75) is 42.7 Å². The molecule has 1 aliphatic rings. The highest BCUT2D eigenvalue weighted by molar-refractivity contribution is 7.89. The molecule has 7 heteroatoms. The Kier molecular flexibility index (Phi) is 4.62. The molecule has 0 aromatic heterocycles. The summed E-state index contributed by atoms with van der Waals surface area (Å²) in [5, 5.41) is 0. The normalized spacial score (nSPS) is 23.6. The molecular formula is C13H19FN2O3S. The largest absolute Gasteiger partial charge is 0.494 e. The average Bonchev–Trinajstić information content (AvgIpc) is 2.41. The van der Waals surface area contributed by atoms with Crippen molar-refractivity contribution >= 4 is 10.0 Å². The SMILES string of the molecule is COc1cc(S(=O)(=O)NC2CCC(N)CC2)ccc1F. The van der Waals surface area contributed by atoms with Crippen LogP contribution >= 0.6 is 0 Å². The monoisotopic (exact) mass is 302 g/mol. The lowest BCUT2D eigenvalue weighted by Gasteiger charge is -2.26. The number of nitrogens with two attached hydrogens (primary N) is 1. The zero-order chi connectivity index (χ0) is 14.8. The molecule has 20 heavy (non-hydrogen) atoms. The molecule has 1 aromatic rings. The van der Waals surface area contributed by atoms with Crippen molar-refractivity contribution < 1.29 is 17.5 Å². The molecule has 0 atom stereocenters. The highest BCUT2D eigenvalue weighted by Crippen LogP contribution is 2.23. The van der Waals surface area contributed by atoms with Crippen molar-refractivity contribution in [3.8, 4) is 5.75 Å². The topological polar surface area (TPSA) is 81.4 Å². The molecule has 0 heterocycles. The fourth-order valence-electron chi connectivity index (χ4n) is 2.33. The number of nitrogens with one attached hydrogen (secondary N) is 1. The van der Waals surface area contributed by atoms with Crippen LogP contribution in [0, 0.1) is 5.82 Å². The first-order valence-corrected chi connectivity index (χ1v) is 8.02. The van der Waals surface area contributed by atoms with Gasteiger partial charge in [-0.2, -0.15) is 0 Å². The van der Waals surface area contributed by atoms with Crippen LogP contribution in [0.25, 0.3) is 0 Å². The first kappa shape index (κ1) is 15.2. The van der Waals surface area contributed by atoms with Crippen LogP contribution in [0.15, 0.2) is 23.1 Å². The smallest absolute Gasteiger partial charge is 0.240 e. The molecule has 0 spiro atoms. The van der Waals surface area contributed by atoms with E-state index in [-0.39, 0.29) is 22.7 Å². The van der Waals surface area contributed by atoms with E-state index in [4.69, 9.17) is 10.5 Å². The first-order valence-electron chi connectivity index (χ1n) is 6.54. The summed E-state index contributed by atoms with van der Waals surface area (Å²) >= 11 is 0. The second kappa shape index (κ2) is 6.07. The lowest BCUT2D eigenvalue weighted by molar-refractivity contribution is 0.373. The number of ether oxygens (including phenoxy) is 1. The minimum absolute atomic E-state index is 0.00521. The van der Waals surface area contributed by atoms with E-state index in [0.29, 0.717) is 0 Å². The van der Waals surface area contributed by atoms with Crippen molar-refractivity contribution in [2.24, 2.45) is 5.73 Å². The Bertz CT molecular complexity index is 569. The lowest BCUT2D eigenvalue weighted by Crippen LogP contribution is -2.40. The minimum Gasteiger partial charge on any atom is -0.494 e. The van der Waals surface area contributed by atoms with Crippen LogP contribution in [0.5, 0.6) is 5.75 Å². The summed E-state index contributed by atoms with van der Waals surface area (Å²) in [6.07, 6.45) is 3.05. The van der Waals surface area contributed by atoms with Gasteiger partial charge in [0.2, 0.25) is 10.0 Å². The second-order valence-electron chi connectivity index (χ2n) is 5.03. The molecule has 0 amide bonds. The van der Waals surface area contributed by atoms with Gasteiger partial charge in [0.05, 0.1) is 12.0 Å². The zero-order valence-electron chi connectivity index (χ0n) is 11.3. The van der Waals surface area contributed by atoms with Gasteiger partial charge in [0, 0.05) is 18.2 Å². The number of sulfonamides is 1. The summed E-state index contributed by atoms with van der Waals surface area (Å²) < 4.78 is 45.2. The number of rotatable bonds is 4. The van der Waals surface area contributed by atoms with Gasteiger partial charge < -0.3 is 10.5 Å². The highest BCUT2D eigenvalue weighted by Gasteiger charge is 2.25. The number of methoxy groups -OCH3 is 1. The Hall–Kier alpha value is -1.18. The van der Waals surface area contributed by atoms with E-state index in [9.17, 15) is 12.8 Å².